The van der Waals surface area contributed by atoms with Crippen molar-refractivity contribution in [3.63, 3.8) is 0 Å². The Morgan fingerprint density at radius 2 is 1.94 bits per heavy atom. The number of nitrogens with zero attached hydrogens (tertiary/aromatic N) is 2. The number of nitrogen functional groups attached to an aromatic ring is 1. The molecule has 94 valence electrons. The van der Waals surface area contributed by atoms with Crippen LogP contribution in [0.15, 0.2) is 36.5 Å². The lowest BCUT2D eigenvalue weighted by molar-refractivity contribution is -0.137. The second-order valence-corrected chi connectivity index (χ2v) is 3.49. The molecule has 0 aliphatic heterocycles. The molecule has 1 heterocycles. The Kier molecular flexibility index (Phi) is 3.15. The van der Waals surface area contributed by atoms with Gasteiger partial charge in [-0.15, -0.1) is 0 Å². The Labute approximate surface area is 101 Å². The summed E-state index contributed by atoms with van der Waals surface area (Å²) >= 11 is 0. The normalized spacial score (nSPS) is 11.3. The van der Waals surface area contributed by atoms with Crippen molar-refractivity contribution in [1.82, 2.24) is 9.97 Å². The first-order chi connectivity index (χ1) is 8.50. The lowest BCUT2D eigenvalue weighted by atomic mass is 10.1. The molecule has 0 aliphatic rings. The molecule has 0 aliphatic carbocycles. The van der Waals surface area contributed by atoms with E-state index >= 15 is 0 Å². The fourth-order valence-corrected chi connectivity index (χ4v) is 1.41. The molecule has 0 atom stereocenters. The van der Waals surface area contributed by atoms with E-state index in [0.29, 0.717) is 5.82 Å². The zero-order valence-electron chi connectivity index (χ0n) is 9.07. The van der Waals surface area contributed by atoms with Gasteiger partial charge in [0.25, 0.3) is 0 Å². The molecule has 0 unspecified atom stereocenters. The molecule has 0 fully saturated rings. The molecule has 18 heavy (non-hydrogen) atoms. The van der Waals surface area contributed by atoms with Crippen LogP contribution < -0.4 is 11.3 Å². The van der Waals surface area contributed by atoms with Crippen LogP contribution in [0.1, 0.15) is 5.56 Å². The molecule has 2 aromatic rings. The molecule has 1 aromatic heterocycles. The van der Waals surface area contributed by atoms with Gasteiger partial charge < -0.3 is 5.43 Å². The third-order valence-corrected chi connectivity index (χ3v) is 2.25. The first-order valence-corrected chi connectivity index (χ1v) is 4.98. The molecule has 0 amide bonds. The maximum absolute atomic E-state index is 12.6. The molecule has 0 bridgehead atoms. The van der Waals surface area contributed by atoms with Crippen LogP contribution in [-0.2, 0) is 6.18 Å². The van der Waals surface area contributed by atoms with Gasteiger partial charge in [-0.2, -0.15) is 13.2 Å². The predicted octanol–water partition coefficient (Wildman–Crippen LogP) is 2.45. The van der Waals surface area contributed by atoms with Crippen LogP contribution in [0.3, 0.4) is 0 Å². The van der Waals surface area contributed by atoms with Crippen molar-refractivity contribution < 1.29 is 13.2 Å². The lowest BCUT2D eigenvalue weighted by Crippen LogP contribution is -2.09. The summed E-state index contributed by atoms with van der Waals surface area (Å²) in [5, 5.41) is 0. The number of rotatable bonds is 2. The van der Waals surface area contributed by atoms with E-state index in [0.717, 1.165) is 12.1 Å². The van der Waals surface area contributed by atoms with Crippen molar-refractivity contribution in [2.45, 2.75) is 6.18 Å². The zero-order chi connectivity index (χ0) is 13.2. The van der Waals surface area contributed by atoms with E-state index < -0.39 is 11.7 Å². The molecular weight excluding hydrogens is 245 g/mol. The van der Waals surface area contributed by atoms with Crippen LogP contribution in [0.5, 0.6) is 0 Å². The number of alkyl halides is 3. The highest BCUT2D eigenvalue weighted by atomic mass is 19.4. The highest BCUT2D eigenvalue weighted by Gasteiger charge is 2.30. The van der Waals surface area contributed by atoms with Gasteiger partial charge in [-0.1, -0.05) is 12.1 Å². The van der Waals surface area contributed by atoms with E-state index in [1.807, 2.05) is 0 Å². The first kappa shape index (κ1) is 12.3. The van der Waals surface area contributed by atoms with Crippen LogP contribution in [0.2, 0.25) is 0 Å². The number of hydrazine groups is 1. The largest absolute Gasteiger partial charge is 0.416 e. The average Bonchev–Trinajstić information content (AvgIpc) is 2.38. The minimum Gasteiger partial charge on any atom is -0.308 e. The number of hydrogen-bond donors (Lipinski definition) is 2. The van der Waals surface area contributed by atoms with E-state index in [-0.39, 0.29) is 11.4 Å². The molecule has 7 heteroatoms. The third-order valence-electron chi connectivity index (χ3n) is 2.25. The summed E-state index contributed by atoms with van der Waals surface area (Å²) in [5.74, 6) is 5.68. The minimum atomic E-state index is -4.39. The standard InChI is InChI=1S/C11H9F3N4/c12-11(13,14)8-3-1-2-7(6-8)10-16-5-4-9(17-10)18-15/h1-6H,15H2,(H,16,17,18). The second kappa shape index (κ2) is 4.61. The number of nitrogens with two attached hydrogens (primary N) is 1. The highest BCUT2D eigenvalue weighted by Crippen LogP contribution is 2.31. The number of hydrogen-bond acceptors (Lipinski definition) is 4. The minimum absolute atomic E-state index is 0.177. The van der Waals surface area contributed by atoms with Crippen molar-refractivity contribution in [3.8, 4) is 11.4 Å². The number of nitrogens with one attached hydrogen (secondary N) is 1. The number of benzene rings is 1. The van der Waals surface area contributed by atoms with Crippen LogP contribution in [0.25, 0.3) is 11.4 Å². The van der Waals surface area contributed by atoms with Crippen molar-refractivity contribution in [2.24, 2.45) is 5.84 Å². The summed E-state index contributed by atoms with van der Waals surface area (Å²) < 4.78 is 37.7. The highest BCUT2D eigenvalue weighted by molar-refractivity contribution is 5.58. The molecule has 4 nitrogen and oxygen atoms in total. The quantitative estimate of drug-likeness (QED) is 0.638. The molecule has 0 spiro atoms. The second-order valence-electron chi connectivity index (χ2n) is 3.49. The fourth-order valence-electron chi connectivity index (χ4n) is 1.41. The average molecular weight is 254 g/mol. The van der Waals surface area contributed by atoms with Crippen LogP contribution in [0, 0.1) is 0 Å². The summed E-state index contributed by atoms with van der Waals surface area (Å²) in [6.45, 7) is 0. The SMILES string of the molecule is NNc1ccnc(-c2cccc(C(F)(F)F)c2)n1. The maximum Gasteiger partial charge on any atom is 0.416 e. The van der Waals surface area contributed by atoms with Crippen molar-refractivity contribution in [1.29, 1.82) is 0 Å². The summed E-state index contributed by atoms with van der Waals surface area (Å²) in [6.07, 6.45) is -2.97. The van der Waals surface area contributed by atoms with Crippen LogP contribution >= 0.6 is 0 Å². The van der Waals surface area contributed by atoms with Crippen molar-refractivity contribution >= 4 is 5.82 Å². The molecule has 0 saturated carbocycles. The predicted molar refractivity (Wildman–Crippen MR) is 60.3 cm³/mol. The molecular formula is C11H9F3N4. The van der Waals surface area contributed by atoms with Crippen LogP contribution in [-0.4, -0.2) is 9.97 Å². The molecule has 3 N–H and O–H groups in total. The fraction of sp³-hybridized carbons (Fsp3) is 0.0909. The Balaban J connectivity index is 2.44. The summed E-state index contributed by atoms with van der Waals surface area (Å²) in [6, 6.07) is 6.32. The molecule has 2 rings (SSSR count). The van der Waals surface area contributed by atoms with Gasteiger partial charge in [0.05, 0.1) is 5.56 Å². The third kappa shape index (κ3) is 2.57. The van der Waals surface area contributed by atoms with Gasteiger partial charge in [0, 0.05) is 17.8 Å². The zero-order valence-corrected chi connectivity index (χ0v) is 9.07. The smallest absolute Gasteiger partial charge is 0.308 e. The van der Waals surface area contributed by atoms with Gasteiger partial charge in [-0.05, 0) is 12.1 Å². The van der Waals surface area contributed by atoms with Gasteiger partial charge in [0.15, 0.2) is 5.82 Å². The Bertz CT molecular complexity index is 554. The van der Waals surface area contributed by atoms with Gasteiger partial charge in [-0.25, -0.2) is 15.8 Å². The molecule has 0 radical (unpaired) electrons. The Hall–Kier alpha value is -2.15. The topological polar surface area (TPSA) is 63.8 Å². The first-order valence-electron chi connectivity index (χ1n) is 4.98. The van der Waals surface area contributed by atoms with Gasteiger partial charge in [-0.3, -0.25) is 0 Å². The van der Waals surface area contributed by atoms with E-state index in [9.17, 15) is 13.2 Å². The summed E-state index contributed by atoms with van der Waals surface area (Å²) in [5.41, 5.74) is 1.85. The monoisotopic (exact) mass is 254 g/mol. The van der Waals surface area contributed by atoms with E-state index in [1.54, 1.807) is 0 Å². The van der Waals surface area contributed by atoms with Gasteiger partial charge in [0.1, 0.15) is 5.82 Å². The Morgan fingerprint density at radius 1 is 1.17 bits per heavy atom. The van der Waals surface area contributed by atoms with Gasteiger partial charge in [0.2, 0.25) is 0 Å². The van der Waals surface area contributed by atoms with E-state index in [2.05, 4.69) is 15.4 Å². The van der Waals surface area contributed by atoms with Crippen LogP contribution in [0.4, 0.5) is 19.0 Å². The summed E-state index contributed by atoms with van der Waals surface area (Å²) in [7, 11) is 0. The molecule has 1 aromatic carbocycles. The summed E-state index contributed by atoms with van der Waals surface area (Å²) in [4.78, 5) is 7.88. The number of halogens is 3. The maximum atomic E-state index is 12.6. The number of aromatic nitrogens is 2. The van der Waals surface area contributed by atoms with Crippen molar-refractivity contribution in [3.05, 3.63) is 42.1 Å². The number of anilines is 1. The van der Waals surface area contributed by atoms with E-state index in [4.69, 9.17) is 5.84 Å². The van der Waals surface area contributed by atoms with Crippen molar-refractivity contribution in [2.75, 3.05) is 5.43 Å². The van der Waals surface area contributed by atoms with Gasteiger partial charge >= 0.3 is 6.18 Å². The van der Waals surface area contributed by atoms with E-state index in [1.165, 1.54) is 24.4 Å². The lowest BCUT2D eigenvalue weighted by Gasteiger charge is -2.08. The Morgan fingerprint density at radius 3 is 2.61 bits per heavy atom. The molecule has 0 saturated heterocycles.